The lowest BCUT2D eigenvalue weighted by Crippen LogP contribution is -2.30. The van der Waals surface area contributed by atoms with Crippen molar-refractivity contribution in [2.75, 3.05) is 0 Å². The Bertz CT molecular complexity index is 2980. The Kier molecular flexibility index (Phi) is 6.15. The van der Waals surface area contributed by atoms with E-state index in [1.165, 1.54) is 66.3 Å². The van der Waals surface area contributed by atoms with Crippen LogP contribution in [0.1, 0.15) is 24.5 Å². The summed E-state index contributed by atoms with van der Waals surface area (Å²) in [6.45, 7) is 2.20. The summed E-state index contributed by atoms with van der Waals surface area (Å²) >= 11 is 0. The van der Waals surface area contributed by atoms with Crippen molar-refractivity contribution in [3.63, 3.8) is 0 Å². The van der Waals surface area contributed by atoms with Crippen molar-refractivity contribution < 1.29 is 9.15 Å². The molecule has 2 aliphatic rings. The molecule has 1 atom stereocenters. The lowest BCUT2D eigenvalue weighted by atomic mass is 9.82. The van der Waals surface area contributed by atoms with Gasteiger partial charge in [0.1, 0.15) is 22.5 Å². The number of aromatic nitrogens is 1. The molecule has 3 heterocycles. The zero-order valence-corrected chi connectivity index (χ0v) is 28.6. The Morgan fingerprint density at radius 3 is 2.12 bits per heavy atom. The zero-order chi connectivity index (χ0) is 34.4. The van der Waals surface area contributed by atoms with E-state index in [1.807, 2.05) is 6.07 Å². The number of hydrogen-bond donors (Lipinski definition) is 0. The molecule has 0 amide bonds. The van der Waals surface area contributed by atoms with E-state index in [4.69, 9.17) is 9.15 Å². The molecule has 0 radical (unpaired) electrons. The van der Waals surface area contributed by atoms with Crippen LogP contribution in [0.4, 0.5) is 0 Å². The Morgan fingerprint density at radius 1 is 0.519 bits per heavy atom. The number of para-hydroxylation sites is 2. The molecule has 3 heteroatoms. The zero-order valence-electron chi connectivity index (χ0n) is 28.6. The molecule has 1 unspecified atom stereocenters. The normalized spacial score (nSPS) is 16.6. The molecule has 0 saturated carbocycles. The van der Waals surface area contributed by atoms with E-state index in [2.05, 4.69) is 175 Å². The Morgan fingerprint density at radius 2 is 1.19 bits per heavy atom. The number of furan rings is 1. The van der Waals surface area contributed by atoms with Crippen LogP contribution in [0, 0.1) is 0 Å². The van der Waals surface area contributed by atoms with Crippen molar-refractivity contribution >= 4 is 54.9 Å². The first-order chi connectivity index (χ1) is 25.6. The van der Waals surface area contributed by atoms with Crippen molar-refractivity contribution in [2.24, 2.45) is 0 Å². The summed E-state index contributed by atoms with van der Waals surface area (Å²) in [5, 5.41) is 4.71. The van der Waals surface area contributed by atoms with Gasteiger partial charge in [0.15, 0.2) is 0 Å². The van der Waals surface area contributed by atoms with Gasteiger partial charge in [-0.3, -0.25) is 0 Å². The minimum atomic E-state index is -0.315. The van der Waals surface area contributed by atoms with Gasteiger partial charge in [0, 0.05) is 44.8 Å². The van der Waals surface area contributed by atoms with Gasteiger partial charge in [-0.25, -0.2) is 0 Å². The SMILES string of the molecule is CC12CC=C(c3cccc(-c4ccc5c(c4)c4ccccc4n5-c4ccc5oc6ccc(-c7ccccc7)cc6c5c4)c3)C=C1c1ccccc1O2. The van der Waals surface area contributed by atoms with Crippen LogP contribution in [0.3, 0.4) is 0 Å². The van der Waals surface area contributed by atoms with Gasteiger partial charge >= 0.3 is 0 Å². The number of nitrogens with zero attached hydrogens (tertiary/aromatic N) is 1. The van der Waals surface area contributed by atoms with E-state index in [9.17, 15) is 0 Å². The summed E-state index contributed by atoms with van der Waals surface area (Å²) in [6, 6.07) is 56.6. The van der Waals surface area contributed by atoms with E-state index in [0.717, 1.165) is 39.8 Å². The lowest BCUT2D eigenvalue weighted by molar-refractivity contribution is 0.170. The van der Waals surface area contributed by atoms with E-state index in [0.29, 0.717) is 0 Å². The molecule has 11 rings (SSSR count). The first-order valence-corrected chi connectivity index (χ1v) is 18.0. The summed E-state index contributed by atoms with van der Waals surface area (Å²) in [4.78, 5) is 0. The summed E-state index contributed by atoms with van der Waals surface area (Å²) in [7, 11) is 0. The van der Waals surface area contributed by atoms with Crippen LogP contribution in [-0.2, 0) is 0 Å². The lowest BCUT2D eigenvalue weighted by Gasteiger charge is -2.28. The van der Waals surface area contributed by atoms with Crippen molar-refractivity contribution in [3.8, 4) is 33.7 Å². The van der Waals surface area contributed by atoms with Gasteiger partial charge < -0.3 is 13.7 Å². The van der Waals surface area contributed by atoms with Crippen LogP contribution < -0.4 is 4.74 Å². The molecule has 9 aromatic rings. The highest BCUT2D eigenvalue weighted by Crippen LogP contribution is 2.49. The van der Waals surface area contributed by atoms with Crippen LogP contribution in [0.15, 0.2) is 174 Å². The fraction of sp³-hybridized carbons (Fsp3) is 0.0612. The van der Waals surface area contributed by atoms with E-state index in [-0.39, 0.29) is 5.60 Å². The third-order valence-electron chi connectivity index (χ3n) is 11.1. The highest BCUT2D eigenvalue weighted by atomic mass is 16.5. The Balaban J connectivity index is 1.01. The Labute approximate surface area is 301 Å². The molecule has 7 aromatic carbocycles. The maximum Gasteiger partial charge on any atom is 0.135 e. The molecule has 2 aromatic heterocycles. The maximum absolute atomic E-state index is 6.42. The third-order valence-corrected chi connectivity index (χ3v) is 11.1. The van der Waals surface area contributed by atoms with Gasteiger partial charge in [-0.2, -0.15) is 0 Å². The first-order valence-electron chi connectivity index (χ1n) is 18.0. The number of benzene rings is 7. The molecule has 0 N–H and O–H groups in total. The molecule has 0 spiro atoms. The molecule has 3 nitrogen and oxygen atoms in total. The second-order valence-corrected chi connectivity index (χ2v) is 14.3. The highest BCUT2D eigenvalue weighted by molar-refractivity contribution is 6.12. The quantitative estimate of drug-likeness (QED) is 0.187. The van der Waals surface area contributed by atoms with E-state index < -0.39 is 0 Å². The van der Waals surface area contributed by atoms with Crippen LogP contribution in [0.5, 0.6) is 5.75 Å². The van der Waals surface area contributed by atoms with Gasteiger partial charge in [0.25, 0.3) is 0 Å². The second kappa shape index (κ2) is 11.0. The van der Waals surface area contributed by atoms with Crippen molar-refractivity contribution in [1.82, 2.24) is 4.57 Å². The summed E-state index contributed by atoms with van der Waals surface area (Å²) in [5.41, 5.74) is 14.7. The highest BCUT2D eigenvalue weighted by Gasteiger charge is 2.40. The van der Waals surface area contributed by atoms with E-state index >= 15 is 0 Å². The van der Waals surface area contributed by atoms with Crippen LogP contribution in [0.25, 0.3) is 82.8 Å². The topological polar surface area (TPSA) is 27.3 Å². The monoisotopic (exact) mass is 667 g/mol. The third kappa shape index (κ3) is 4.39. The van der Waals surface area contributed by atoms with Gasteiger partial charge in [-0.05, 0) is 107 Å². The Hall–Kier alpha value is -6.58. The largest absolute Gasteiger partial charge is 0.482 e. The number of fused-ring (bicyclic) bond motifs is 9. The molecule has 0 fully saturated rings. The molecule has 0 bridgehead atoms. The fourth-order valence-electron chi connectivity index (χ4n) is 8.49. The molecule has 52 heavy (non-hydrogen) atoms. The standard InChI is InChI=1S/C49H33NO2/c1-49-25-24-36(29-43(49)39-15-6-8-17-48(39)52-49)33-13-9-12-32(26-33)35-18-21-45-40(27-35)38-14-5-7-16-44(38)50(45)37-20-23-47-42(30-37)41-28-34(19-22-46(41)51-47)31-10-3-2-4-11-31/h2-24,26-30H,25H2,1H3. The summed E-state index contributed by atoms with van der Waals surface area (Å²) in [6.07, 6.45) is 5.49. The predicted octanol–water partition coefficient (Wildman–Crippen LogP) is 13.0. The fourth-order valence-corrected chi connectivity index (χ4v) is 8.49. The van der Waals surface area contributed by atoms with Crippen molar-refractivity contribution in [1.29, 1.82) is 0 Å². The molecular weight excluding hydrogens is 635 g/mol. The van der Waals surface area contributed by atoms with Crippen molar-refractivity contribution in [2.45, 2.75) is 18.9 Å². The molecule has 246 valence electrons. The van der Waals surface area contributed by atoms with Crippen molar-refractivity contribution in [3.05, 3.63) is 181 Å². The molecule has 1 aliphatic heterocycles. The average molecular weight is 668 g/mol. The van der Waals surface area contributed by atoms with Gasteiger partial charge in [-0.1, -0.05) is 103 Å². The van der Waals surface area contributed by atoms with Gasteiger partial charge in [0.05, 0.1) is 11.0 Å². The van der Waals surface area contributed by atoms with Gasteiger partial charge in [0.2, 0.25) is 0 Å². The van der Waals surface area contributed by atoms with E-state index in [1.54, 1.807) is 0 Å². The summed E-state index contributed by atoms with van der Waals surface area (Å²) < 4.78 is 15.1. The minimum Gasteiger partial charge on any atom is -0.482 e. The smallest absolute Gasteiger partial charge is 0.135 e. The maximum atomic E-state index is 6.42. The number of allylic oxidation sites excluding steroid dienone is 2. The molecular formula is C49H33NO2. The number of hydrogen-bond acceptors (Lipinski definition) is 2. The predicted molar refractivity (Wildman–Crippen MR) is 215 cm³/mol. The number of ether oxygens (including phenoxy) is 1. The van der Waals surface area contributed by atoms with Crippen LogP contribution in [0.2, 0.25) is 0 Å². The van der Waals surface area contributed by atoms with Gasteiger partial charge in [-0.15, -0.1) is 0 Å². The van der Waals surface area contributed by atoms with Crippen LogP contribution >= 0.6 is 0 Å². The molecule has 1 aliphatic carbocycles. The average Bonchev–Trinajstić information content (AvgIpc) is 3.84. The minimum absolute atomic E-state index is 0.315. The number of rotatable bonds is 4. The summed E-state index contributed by atoms with van der Waals surface area (Å²) in [5.74, 6) is 0.974. The molecule has 0 saturated heterocycles. The first kappa shape index (κ1) is 29.2. The second-order valence-electron chi connectivity index (χ2n) is 14.3. The van der Waals surface area contributed by atoms with Crippen LogP contribution in [-0.4, -0.2) is 10.2 Å².